The summed E-state index contributed by atoms with van der Waals surface area (Å²) in [6, 6.07) is 20.2. The van der Waals surface area contributed by atoms with Gasteiger partial charge < -0.3 is 9.64 Å². The quantitative estimate of drug-likeness (QED) is 0.547. The molecule has 2 N–H and O–H groups in total. The molecular formula is C25H25N3O4S. The zero-order valence-corrected chi connectivity index (χ0v) is 18.8. The van der Waals surface area contributed by atoms with Crippen LogP contribution in [-0.4, -0.2) is 41.8 Å². The minimum Gasteiger partial charge on any atom is -0.483 e. The number of nitrogens with one attached hydrogen (secondary N) is 2. The summed E-state index contributed by atoms with van der Waals surface area (Å²) in [7, 11) is 0. The van der Waals surface area contributed by atoms with Crippen molar-refractivity contribution in [1.82, 2.24) is 15.8 Å². The standard InChI is InChI=1S/C25H25N3O4S/c29-23(17-32-21-13-5-4-11-19(21)18-9-2-1-3-10-18)26-27-24(30)20-12-6-7-15-28(20)25(31)22-14-8-16-33-22/h1-5,8-11,13-14,16,20H,6-7,12,15,17H2,(H,26,29)(H,27,30). The predicted octanol–water partition coefficient (Wildman–Crippen LogP) is 3.64. The van der Waals surface area contributed by atoms with Gasteiger partial charge in [-0.3, -0.25) is 25.2 Å². The highest BCUT2D eigenvalue weighted by Gasteiger charge is 2.33. The largest absolute Gasteiger partial charge is 0.483 e. The van der Waals surface area contributed by atoms with Gasteiger partial charge in [-0.25, -0.2) is 0 Å². The van der Waals surface area contributed by atoms with Gasteiger partial charge in [0.25, 0.3) is 17.7 Å². The Morgan fingerprint density at radius 2 is 1.73 bits per heavy atom. The van der Waals surface area contributed by atoms with E-state index in [1.807, 2.05) is 60.0 Å². The lowest BCUT2D eigenvalue weighted by Crippen LogP contribution is -2.55. The van der Waals surface area contributed by atoms with Crippen LogP contribution >= 0.6 is 11.3 Å². The Morgan fingerprint density at radius 1 is 0.939 bits per heavy atom. The van der Waals surface area contributed by atoms with E-state index in [1.54, 1.807) is 17.0 Å². The Balaban J connectivity index is 1.32. The van der Waals surface area contributed by atoms with Gasteiger partial charge in [0.05, 0.1) is 4.88 Å². The van der Waals surface area contributed by atoms with Gasteiger partial charge in [-0.05, 0) is 42.3 Å². The first-order valence-corrected chi connectivity index (χ1v) is 11.7. The summed E-state index contributed by atoms with van der Waals surface area (Å²) in [6.45, 7) is 0.259. The van der Waals surface area contributed by atoms with E-state index in [9.17, 15) is 14.4 Å². The molecule has 170 valence electrons. The van der Waals surface area contributed by atoms with Crippen LogP contribution in [0.1, 0.15) is 28.9 Å². The SMILES string of the molecule is O=C(COc1ccccc1-c1ccccc1)NNC(=O)C1CCCCN1C(=O)c1cccs1. The van der Waals surface area contributed by atoms with Crippen molar-refractivity contribution in [1.29, 1.82) is 0 Å². The number of amides is 3. The van der Waals surface area contributed by atoms with E-state index < -0.39 is 17.9 Å². The maximum absolute atomic E-state index is 12.8. The second-order valence-corrected chi connectivity index (χ2v) is 8.62. The molecule has 4 rings (SSSR count). The van der Waals surface area contributed by atoms with Crippen LogP contribution in [0.2, 0.25) is 0 Å². The molecular weight excluding hydrogens is 438 g/mol. The van der Waals surface area contributed by atoms with Gasteiger partial charge in [-0.15, -0.1) is 11.3 Å². The summed E-state index contributed by atoms with van der Waals surface area (Å²) >= 11 is 1.35. The predicted molar refractivity (Wildman–Crippen MR) is 127 cm³/mol. The highest BCUT2D eigenvalue weighted by Crippen LogP contribution is 2.29. The minimum atomic E-state index is -0.617. The van der Waals surface area contributed by atoms with Crippen molar-refractivity contribution in [3.63, 3.8) is 0 Å². The summed E-state index contributed by atoms with van der Waals surface area (Å²) in [4.78, 5) is 40.0. The van der Waals surface area contributed by atoms with Crippen LogP contribution in [0.25, 0.3) is 11.1 Å². The fraction of sp³-hybridized carbons (Fsp3) is 0.240. The average Bonchev–Trinajstić information content (AvgIpc) is 3.41. The molecule has 1 atom stereocenters. The van der Waals surface area contributed by atoms with Crippen molar-refractivity contribution in [2.75, 3.05) is 13.2 Å². The topological polar surface area (TPSA) is 87.7 Å². The van der Waals surface area contributed by atoms with Crippen molar-refractivity contribution in [2.45, 2.75) is 25.3 Å². The van der Waals surface area contributed by atoms with Gasteiger partial charge in [0.15, 0.2) is 6.61 Å². The Kier molecular flexibility index (Phi) is 7.36. The fourth-order valence-electron chi connectivity index (χ4n) is 3.83. The molecule has 1 saturated heterocycles. The second-order valence-electron chi connectivity index (χ2n) is 7.68. The minimum absolute atomic E-state index is 0.156. The number of likely N-dealkylation sites (tertiary alicyclic amines) is 1. The molecule has 33 heavy (non-hydrogen) atoms. The lowest BCUT2D eigenvalue weighted by molar-refractivity contribution is -0.133. The van der Waals surface area contributed by atoms with Crippen LogP contribution < -0.4 is 15.6 Å². The van der Waals surface area contributed by atoms with Crippen LogP contribution in [-0.2, 0) is 9.59 Å². The molecule has 3 amide bonds. The first-order valence-electron chi connectivity index (χ1n) is 10.8. The number of para-hydroxylation sites is 1. The molecule has 1 unspecified atom stereocenters. The number of piperidine rings is 1. The zero-order chi connectivity index (χ0) is 23.0. The number of nitrogens with zero attached hydrogens (tertiary/aromatic N) is 1. The number of carbonyl (C=O) groups is 3. The van der Waals surface area contributed by atoms with E-state index in [4.69, 9.17) is 4.74 Å². The molecule has 0 aliphatic carbocycles. The molecule has 1 aliphatic rings. The number of hydrogen-bond donors (Lipinski definition) is 2. The lowest BCUT2D eigenvalue weighted by atomic mass is 10.0. The highest BCUT2D eigenvalue weighted by molar-refractivity contribution is 7.12. The number of hydrogen-bond acceptors (Lipinski definition) is 5. The van der Waals surface area contributed by atoms with E-state index >= 15 is 0 Å². The summed E-state index contributed by atoms with van der Waals surface area (Å²) in [5.41, 5.74) is 6.72. The first kappa shape index (κ1) is 22.5. The number of benzene rings is 2. The monoisotopic (exact) mass is 463 g/mol. The van der Waals surface area contributed by atoms with Crippen molar-refractivity contribution < 1.29 is 19.1 Å². The van der Waals surface area contributed by atoms with E-state index in [0.717, 1.165) is 24.0 Å². The molecule has 8 heteroatoms. The number of thiophene rings is 1. The van der Waals surface area contributed by atoms with Gasteiger partial charge in [0.2, 0.25) is 0 Å². The van der Waals surface area contributed by atoms with Crippen LogP contribution in [0.3, 0.4) is 0 Å². The number of hydrazine groups is 1. The number of carbonyl (C=O) groups excluding carboxylic acids is 3. The molecule has 1 aliphatic heterocycles. The number of rotatable bonds is 6. The maximum atomic E-state index is 12.8. The molecule has 3 aromatic rings. The normalized spacial score (nSPS) is 15.5. The lowest BCUT2D eigenvalue weighted by Gasteiger charge is -2.34. The molecule has 2 aromatic carbocycles. The van der Waals surface area contributed by atoms with Crippen molar-refractivity contribution in [3.8, 4) is 16.9 Å². The van der Waals surface area contributed by atoms with E-state index in [0.29, 0.717) is 23.6 Å². The number of ether oxygens (including phenoxy) is 1. The molecule has 7 nitrogen and oxygen atoms in total. The Hall–Kier alpha value is -3.65. The van der Waals surface area contributed by atoms with Crippen molar-refractivity contribution in [2.24, 2.45) is 0 Å². The van der Waals surface area contributed by atoms with Crippen LogP contribution in [0.5, 0.6) is 5.75 Å². The highest BCUT2D eigenvalue weighted by atomic mass is 32.1. The first-order chi connectivity index (χ1) is 16.1. The van der Waals surface area contributed by atoms with Crippen LogP contribution in [0, 0.1) is 0 Å². The molecule has 2 heterocycles. The molecule has 0 saturated carbocycles. The Labute approximate surface area is 196 Å². The molecule has 1 aromatic heterocycles. The molecule has 0 spiro atoms. The van der Waals surface area contributed by atoms with E-state index in [1.165, 1.54) is 11.3 Å². The van der Waals surface area contributed by atoms with E-state index in [-0.39, 0.29) is 12.5 Å². The van der Waals surface area contributed by atoms with Crippen molar-refractivity contribution in [3.05, 3.63) is 77.0 Å². The summed E-state index contributed by atoms with van der Waals surface area (Å²) < 4.78 is 5.71. The van der Waals surface area contributed by atoms with Gasteiger partial charge in [0.1, 0.15) is 11.8 Å². The summed E-state index contributed by atoms with van der Waals surface area (Å²) in [5, 5.41) is 1.84. The van der Waals surface area contributed by atoms with E-state index in [2.05, 4.69) is 10.9 Å². The Bertz CT molecular complexity index is 1100. The smallest absolute Gasteiger partial charge is 0.276 e. The van der Waals surface area contributed by atoms with Gasteiger partial charge >= 0.3 is 0 Å². The molecule has 1 fully saturated rings. The summed E-state index contributed by atoms with van der Waals surface area (Å²) in [6.07, 6.45) is 2.25. The third-order valence-electron chi connectivity index (χ3n) is 5.45. The third kappa shape index (κ3) is 5.59. The fourth-order valence-corrected chi connectivity index (χ4v) is 4.51. The maximum Gasteiger partial charge on any atom is 0.276 e. The van der Waals surface area contributed by atoms with Crippen LogP contribution in [0.4, 0.5) is 0 Å². The van der Waals surface area contributed by atoms with Gasteiger partial charge in [-0.1, -0.05) is 54.6 Å². The molecule has 0 bridgehead atoms. The zero-order valence-electron chi connectivity index (χ0n) is 18.0. The van der Waals surface area contributed by atoms with Crippen LogP contribution in [0.15, 0.2) is 72.1 Å². The third-order valence-corrected chi connectivity index (χ3v) is 6.31. The average molecular weight is 464 g/mol. The Morgan fingerprint density at radius 3 is 2.52 bits per heavy atom. The second kappa shape index (κ2) is 10.8. The van der Waals surface area contributed by atoms with Gasteiger partial charge in [-0.2, -0.15) is 0 Å². The van der Waals surface area contributed by atoms with Gasteiger partial charge in [0, 0.05) is 12.1 Å². The molecule has 0 radical (unpaired) electrons. The van der Waals surface area contributed by atoms with Crippen molar-refractivity contribution >= 4 is 29.1 Å². The summed E-state index contributed by atoms with van der Waals surface area (Å²) in [5.74, 6) is -0.474.